The maximum Gasteiger partial charge on any atom is 0.145 e. The number of rotatable bonds is 5. The maximum atomic E-state index is 5.37. The molecule has 1 N–H and O–H groups in total. The van der Waals surface area contributed by atoms with E-state index >= 15 is 0 Å². The summed E-state index contributed by atoms with van der Waals surface area (Å²) in [6, 6.07) is 5.63. The smallest absolute Gasteiger partial charge is 0.145 e. The van der Waals surface area contributed by atoms with Crippen LogP contribution >= 0.6 is 0 Å². The quantitative estimate of drug-likeness (QED) is 0.894. The molecule has 5 heteroatoms. The first-order chi connectivity index (χ1) is 9.30. The molecule has 2 rings (SSSR count). The van der Waals surface area contributed by atoms with E-state index in [1.54, 1.807) is 26.6 Å². The van der Waals surface area contributed by atoms with Gasteiger partial charge in [-0.25, -0.2) is 4.98 Å². The number of aromatic nitrogens is 2. The van der Waals surface area contributed by atoms with E-state index in [1.165, 1.54) is 0 Å². The molecule has 2 aromatic rings. The molecule has 0 amide bonds. The van der Waals surface area contributed by atoms with Crippen molar-refractivity contribution in [2.45, 2.75) is 6.92 Å². The Morgan fingerprint density at radius 1 is 1.11 bits per heavy atom. The summed E-state index contributed by atoms with van der Waals surface area (Å²) in [5, 5.41) is 3.14. The topological polar surface area (TPSA) is 56.3 Å². The summed E-state index contributed by atoms with van der Waals surface area (Å²) < 4.78 is 10.7. The van der Waals surface area contributed by atoms with Gasteiger partial charge in [-0.05, 0) is 19.1 Å². The fourth-order valence-electron chi connectivity index (χ4n) is 1.86. The first-order valence-electron chi connectivity index (χ1n) is 6.07. The lowest BCUT2D eigenvalue weighted by Gasteiger charge is -2.13. The molecule has 0 fully saturated rings. The van der Waals surface area contributed by atoms with E-state index in [-0.39, 0.29) is 0 Å². The zero-order valence-corrected chi connectivity index (χ0v) is 11.3. The highest BCUT2D eigenvalue weighted by Crippen LogP contribution is 2.37. The van der Waals surface area contributed by atoms with Crippen LogP contribution in [0.3, 0.4) is 0 Å². The molecule has 0 unspecified atom stereocenters. The molecular weight excluding hydrogens is 242 g/mol. The molecule has 0 saturated heterocycles. The van der Waals surface area contributed by atoms with E-state index in [4.69, 9.17) is 9.47 Å². The van der Waals surface area contributed by atoms with Crippen LogP contribution in [0.2, 0.25) is 0 Å². The minimum Gasteiger partial charge on any atom is -0.496 e. The number of anilines is 1. The maximum absolute atomic E-state index is 5.37. The molecule has 1 aromatic heterocycles. The molecule has 0 spiro atoms. The summed E-state index contributed by atoms with van der Waals surface area (Å²) in [5.74, 6) is 2.15. The number of ether oxygens (including phenoxy) is 2. The predicted octanol–water partition coefficient (Wildman–Crippen LogP) is 2.59. The fraction of sp³-hybridized carbons (Fsp3) is 0.286. The molecule has 1 aromatic carbocycles. The Hall–Kier alpha value is -2.30. The van der Waals surface area contributed by atoms with Gasteiger partial charge in [0.2, 0.25) is 0 Å². The molecule has 0 atom stereocenters. The van der Waals surface area contributed by atoms with E-state index in [2.05, 4.69) is 15.3 Å². The summed E-state index contributed by atoms with van der Waals surface area (Å²) >= 11 is 0. The molecular formula is C14H17N3O2. The van der Waals surface area contributed by atoms with Crippen molar-refractivity contribution in [1.29, 1.82) is 0 Å². The first kappa shape index (κ1) is 13.1. The second-order valence-corrected chi connectivity index (χ2v) is 3.86. The number of hydrogen-bond acceptors (Lipinski definition) is 5. The lowest BCUT2D eigenvalue weighted by atomic mass is 10.1. The second kappa shape index (κ2) is 6.04. The highest BCUT2D eigenvalue weighted by Gasteiger charge is 2.14. The molecule has 0 aliphatic carbocycles. The SMILES string of the molecule is CCNc1cncc(-c2c(OC)cccc2OC)n1. The van der Waals surface area contributed by atoms with E-state index in [0.29, 0.717) is 17.2 Å². The molecule has 1 heterocycles. The molecule has 5 nitrogen and oxygen atoms in total. The molecule has 100 valence electrons. The third-order valence-corrected chi connectivity index (χ3v) is 2.68. The van der Waals surface area contributed by atoms with E-state index in [1.807, 2.05) is 25.1 Å². The zero-order valence-electron chi connectivity index (χ0n) is 11.3. The van der Waals surface area contributed by atoms with Gasteiger partial charge in [0.1, 0.15) is 17.3 Å². The second-order valence-electron chi connectivity index (χ2n) is 3.86. The van der Waals surface area contributed by atoms with Crippen molar-refractivity contribution < 1.29 is 9.47 Å². The van der Waals surface area contributed by atoms with Gasteiger partial charge in [-0.2, -0.15) is 0 Å². The Bertz CT molecular complexity index is 536. The van der Waals surface area contributed by atoms with Crippen LogP contribution in [-0.2, 0) is 0 Å². The van der Waals surface area contributed by atoms with Gasteiger partial charge in [0.05, 0.1) is 37.9 Å². The monoisotopic (exact) mass is 259 g/mol. The minimum atomic E-state index is 0.710. The van der Waals surface area contributed by atoms with E-state index in [0.717, 1.165) is 17.9 Å². The molecule has 19 heavy (non-hydrogen) atoms. The van der Waals surface area contributed by atoms with Gasteiger partial charge >= 0.3 is 0 Å². The van der Waals surface area contributed by atoms with Crippen molar-refractivity contribution >= 4 is 5.82 Å². The number of methoxy groups -OCH3 is 2. The van der Waals surface area contributed by atoms with Gasteiger partial charge in [0.15, 0.2) is 0 Å². The lowest BCUT2D eigenvalue weighted by molar-refractivity contribution is 0.397. The Morgan fingerprint density at radius 3 is 2.37 bits per heavy atom. The number of nitrogens with one attached hydrogen (secondary N) is 1. The fourth-order valence-corrected chi connectivity index (χ4v) is 1.86. The number of nitrogens with zero attached hydrogens (tertiary/aromatic N) is 2. The van der Waals surface area contributed by atoms with Crippen LogP contribution in [-0.4, -0.2) is 30.7 Å². The Balaban J connectivity index is 2.53. The van der Waals surface area contributed by atoms with Crippen LogP contribution < -0.4 is 14.8 Å². The Morgan fingerprint density at radius 2 is 1.79 bits per heavy atom. The highest BCUT2D eigenvalue weighted by molar-refractivity contribution is 5.74. The summed E-state index contributed by atoms with van der Waals surface area (Å²) in [6.45, 7) is 2.80. The van der Waals surface area contributed by atoms with Crippen molar-refractivity contribution in [3.8, 4) is 22.8 Å². The molecule has 0 saturated carbocycles. The van der Waals surface area contributed by atoms with Crippen molar-refractivity contribution in [3.63, 3.8) is 0 Å². The van der Waals surface area contributed by atoms with E-state index in [9.17, 15) is 0 Å². The summed E-state index contributed by atoms with van der Waals surface area (Å²) in [4.78, 5) is 8.71. The highest BCUT2D eigenvalue weighted by atomic mass is 16.5. The van der Waals surface area contributed by atoms with Gasteiger partial charge < -0.3 is 14.8 Å². The third kappa shape index (κ3) is 2.76. The van der Waals surface area contributed by atoms with Crippen molar-refractivity contribution in [3.05, 3.63) is 30.6 Å². The van der Waals surface area contributed by atoms with Gasteiger partial charge in [0.25, 0.3) is 0 Å². The van der Waals surface area contributed by atoms with Gasteiger partial charge in [-0.15, -0.1) is 0 Å². The Kier molecular flexibility index (Phi) is 4.18. The zero-order chi connectivity index (χ0) is 13.7. The van der Waals surface area contributed by atoms with Crippen LogP contribution in [0.4, 0.5) is 5.82 Å². The standard InChI is InChI=1S/C14H17N3O2/c1-4-16-13-9-15-8-10(17-13)14-11(18-2)6-5-7-12(14)19-3/h5-9H,4H2,1-3H3,(H,16,17). The summed E-state index contributed by atoms with van der Waals surface area (Å²) in [6.07, 6.45) is 3.39. The lowest BCUT2D eigenvalue weighted by Crippen LogP contribution is -2.01. The molecule has 0 bridgehead atoms. The van der Waals surface area contributed by atoms with Crippen molar-refractivity contribution in [2.75, 3.05) is 26.1 Å². The number of hydrogen-bond donors (Lipinski definition) is 1. The van der Waals surface area contributed by atoms with E-state index < -0.39 is 0 Å². The van der Waals surface area contributed by atoms with Crippen molar-refractivity contribution in [1.82, 2.24) is 9.97 Å². The number of benzene rings is 1. The van der Waals surface area contributed by atoms with Gasteiger partial charge in [-0.3, -0.25) is 4.98 Å². The summed E-state index contributed by atoms with van der Waals surface area (Å²) in [5.41, 5.74) is 1.52. The average molecular weight is 259 g/mol. The van der Waals surface area contributed by atoms with Crippen molar-refractivity contribution in [2.24, 2.45) is 0 Å². The minimum absolute atomic E-state index is 0.710. The van der Waals surface area contributed by atoms with Gasteiger partial charge in [0, 0.05) is 6.54 Å². The van der Waals surface area contributed by atoms with Crippen LogP contribution in [0.25, 0.3) is 11.3 Å². The predicted molar refractivity (Wildman–Crippen MR) is 74.7 cm³/mol. The van der Waals surface area contributed by atoms with Gasteiger partial charge in [-0.1, -0.05) is 6.07 Å². The van der Waals surface area contributed by atoms with Crippen LogP contribution in [0.1, 0.15) is 6.92 Å². The summed E-state index contributed by atoms with van der Waals surface area (Å²) in [7, 11) is 3.25. The molecule has 0 aliphatic heterocycles. The largest absolute Gasteiger partial charge is 0.496 e. The normalized spacial score (nSPS) is 10.1. The third-order valence-electron chi connectivity index (χ3n) is 2.68. The van der Waals surface area contributed by atoms with Crippen LogP contribution in [0.15, 0.2) is 30.6 Å². The van der Waals surface area contributed by atoms with Crippen LogP contribution in [0, 0.1) is 0 Å². The van der Waals surface area contributed by atoms with Crippen LogP contribution in [0.5, 0.6) is 11.5 Å². The molecule has 0 aliphatic rings. The first-order valence-corrected chi connectivity index (χ1v) is 6.07. The Labute approximate surface area is 112 Å². The average Bonchev–Trinajstić information content (AvgIpc) is 2.47. The molecule has 0 radical (unpaired) electrons.